The van der Waals surface area contributed by atoms with Gasteiger partial charge < -0.3 is 4.90 Å². The van der Waals surface area contributed by atoms with E-state index in [0.717, 1.165) is 15.7 Å². The minimum atomic E-state index is -0.459. The van der Waals surface area contributed by atoms with Gasteiger partial charge in [0, 0.05) is 19.0 Å². The number of fused-ring (bicyclic) bond motifs is 3. The highest BCUT2D eigenvalue weighted by Gasteiger charge is 2.57. The van der Waals surface area contributed by atoms with Crippen molar-refractivity contribution in [2.45, 2.75) is 25.2 Å². The number of aromatic nitrogens is 1. The molecule has 1 aromatic heterocycles. The van der Waals surface area contributed by atoms with Gasteiger partial charge in [-0.2, -0.15) is 0 Å². The van der Waals surface area contributed by atoms with Gasteiger partial charge in [0.25, 0.3) is 0 Å². The van der Waals surface area contributed by atoms with E-state index in [2.05, 4.69) is 19.1 Å². The lowest BCUT2D eigenvalue weighted by Gasteiger charge is -2.34. The molecule has 31 heavy (non-hydrogen) atoms. The summed E-state index contributed by atoms with van der Waals surface area (Å²) in [6.07, 6.45) is 0.707. The number of nitrogens with zero attached hydrogens (tertiary/aromatic N) is 3. The Kier molecular flexibility index (Phi) is 4.89. The number of carbonyl (C=O) groups excluding carboxylic acids is 2. The molecule has 5 nitrogen and oxygen atoms in total. The number of hydrogen-bond donors (Lipinski definition) is 0. The highest BCUT2D eigenvalue weighted by Crippen LogP contribution is 2.53. The third-order valence-electron chi connectivity index (χ3n) is 6.60. The van der Waals surface area contributed by atoms with E-state index in [-0.39, 0.29) is 29.6 Å². The molecule has 5 rings (SSSR count). The van der Waals surface area contributed by atoms with Crippen molar-refractivity contribution in [1.29, 1.82) is 0 Å². The maximum Gasteiger partial charge on any atom is 0.243 e. The van der Waals surface area contributed by atoms with Gasteiger partial charge in [0.05, 0.1) is 23.2 Å². The minimum Gasteiger partial charge on any atom is -0.354 e. The first kappa shape index (κ1) is 19.9. The Bertz CT molecular complexity index is 1130. The smallest absolute Gasteiger partial charge is 0.243 e. The van der Waals surface area contributed by atoms with Gasteiger partial charge in [-0.1, -0.05) is 55.5 Å². The molecule has 1 aliphatic heterocycles. The number of benzene rings is 2. The van der Waals surface area contributed by atoms with Gasteiger partial charge in [-0.05, 0) is 36.0 Å². The van der Waals surface area contributed by atoms with Crippen LogP contribution in [-0.2, 0) is 16.0 Å². The zero-order chi connectivity index (χ0) is 21.7. The number of amides is 2. The Hall–Kier alpha value is -2.99. The van der Waals surface area contributed by atoms with Crippen molar-refractivity contribution in [2.75, 3.05) is 23.9 Å². The molecule has 158 valence electrons. The van der Waals surface area contributed by atoms with E-state index in [0.29, 0.717) is 12.1 Å². The quantitative estimate of drug-likeness (QED) is 0.573. The van der Waals surface area contributed by atoms with Gasteiger partial charge >= 0.3 is 0 Å². The van der Waals surface area contributed by atoms with Crippen LogP contribution < -0.4 is 9.80 Å². The predicted octanol–water partition coefficient (Wildman–Crippen LogP) is 4.46. The zero-order valence-corrected chi connectivity index (χ0v) is 18.7. The van der Waals surface area contributed by atoms with Gasteiger partial charge in [-0.15, -0.1) is 11.3 Å². The van der Waals surface area contributed by atoms with Crippen LogP contribution in [0.5, 0.6) is 0 Å². The van der Waals surface area contributed by atoms with Crippen molar-refractivity contribution in [1.82, 2.24) is 4.98 Å². The van der Waals surface area contributed by atoms with E-state index in [4.69, 9.17) is 4.98 Å². The molecule has 4 atom stereocenters. The van der Waals surface area contributed by atoms with Crippen molar-refractivity contribution in [3.63, 3.8) is 0 Å². The summed E-state index contributed by atoms with van der Waals surface area (Å²) in [6.45, 7) is 2.17. The lowest BCUT2D eigenvalue weighted by molar-refractivity contribution is -0.123. The van der Waals surface area contributed by atoms with E-state index < -0.39 is 5.92 Å². The highest BCUT2D eigenvalue weighted by atomic mass is 32.1. The summed E-state index contributed by atoms with van der Waals surface area (Å²) in [4.78, 5) is 36.6. The van der Waals surface area contributed by atoms with Crippen LogP contribution >= 0.6 is 11.3 Å². The van der Waals surface area contributed by atoms with Gasteiger partial charge in [-0.25, -0.2) is 9.88 Å². The van der Waals surface area contributed by atoms with E-state index >= 15 is 0 Å². The number of imide groups is 1. The maximum atomic E-state index is 13.7. The molecule has 2 aromatic carbocycles. The molecule has 0 unspecified atom stereocenters. The summed E-state index contributed by atoms with van der Waals surface area (Å²) in [7, 11) is 3.92. The van der Waals surface area contributed by atoms with E-state index in [1.807, 2.05) is 67.5 Å². The molecule has 1 saturated heterocycles. The summed E-state index contributed by atoms with van der Waals surface area (Å²) >= 11 is 1.55. The summed E-state index contributed by atoms with van der Waals surface area (Å²) in [5.41, 5.74) is 2.81. The standard InChI is InChI=1S/C25H25N3O2S/c1-15(16-10-6-4-7-11-16)18-14-19-22(31-25(26-19)27(2)3)21-20(18)23(29)28(24(21)30)17-12-8-5-9-13-17/h4-13,15,18,20-21H,14H2,1-3H3/t15-,18-,20+,21+/m1/s1. The summed E-state index contributed by atoms with van der Waals surface area (Å²) < 4.78 is 0. The Morgan fingerprint density at radius 3 is 2.29 bits per heavy atom. The molecule has 0 radical (unpaired) electrons. The van der Waals surface area contributed by atoms with E-state index in [1.165, 1.54) is 10.5 Å². The molecule has 1 aliphatic carbocycles. The van der Waals surface area contributed by atoms with Crippen LogP contribution in [0, 0.1) is 11.8 Å². The largest absolute Gasteiger partial charge is 0.354 e. The van der Waals surface area contributed by atoms with Gasteiger partial charge in [0.2, 0.25) is 11.8 Å². The number of carbonyl (C=O) groups is 2. The second kappa shape index (κ2) is 7.61. The van der Waals surface area contributed by atoms with Crippen LogP contribution in [-0.4, -0.2) is 30.9 Å². The average Bonchev–Trinajstić information content (AvgIpc) is 3.33. The number of anilines is 2. The first-order valence-electron chi connectivity index (χ1n) is 10.6. The first-order valence-corrected chi connectivity index (χ1v) is 11.4. The van der Waals surface area contributed by atoms with Crippen molar-refractivity contribution in [3.8, 4) is 0 Å². The third kappa shape index (κ3) is 3.17. The zero-order valence-electron chi connectivity index (χ0n) is 17.9. The molecule has 2 heterocycles. The monoisotopic (exact) mass is 431 g/mol. The lowest BCUT2D eigenvalue weighted by atomic mass is 9.68. The van der Waals surface area contributed by atoms with Gasteiger partial charge in [0.15, 0.2) is 5.13 Å². The second-order valence-electron chi connectivity index (χ2n) is 8.62. The molecule has 2 amide bonds. The van der Waals surface area contributed by atoms with Gasteiger partial charge in [-0.3, -0.25) is 9.59 Å². The number of hydrogen-bond acceptors (Lipinski definition) is 5. The molecule has 1 fully saturated rings. The fourth-order valence-corrected chi connectivity index (χ4v) is 6.16. The molecule has 0 spiro atoms. The molecule has 0 N–H and O–H groups in total. The molecular weight excluding hydrogens is 406 g/mol. The Morgan fingerprint density at radius 1 is 1.00 bits per heavy atom. The molecule has 2 aliphatic rings. The number of thiazole rings is 1. The summed E-state index contributed by atoms with van der Waals surface area (Å²) in [5, 5.41) is 0.884. The van der Waals surface area contributed by atoms with Crippen LogP contribution in [0.15, 0.2) is 60.7 Å². The van der Waals surface area contributed by atoms with Crippen molar-refractivity contribution in [3.05, 3.63) is 76.8 Å². The topological polar surface area (TPSA) is 53.5 Å². The number of para-hydroxylation sites is 1. The first-order chi connectivity index (χ1) is 15.0. The third-order valence-corrected chi connectivity index (χ3v) is 7.95. The van der Waals surface area contributed by atoms with E-state index in [9.17, 15) is 9.59 Å². The Labute approximate surface area is 186 Å². The van der Waals surface area contributed by atoms with Crippen LogP contribution in [0.3, 0.4) is 0 Å². The van der Waals surface area contributed by atoms with Crippen LogP contribution in [0.25, 0.3) is 0 Å². The highest BCUT2D eigenvalue weighted by molar-refractivity contribution is 7.16. The van der Waals surface area contributed by atoms with E-state index in [1.54, 1.807) is 11.3 Å². The van der Waals surface area contributed by atoms with Gasteiger partial charge in [0.1, 0.15) is 0 Å². The summed E-state index contributed by atoms with van der Waals surface area (Å²) in [6, 6.07) is 19.6. The predicted molar refractivity (Wildman–Crippen MR) is 124 cm³/mol. The molecule has 6 heteroatoms. The molecule has 3 aromatic rings. The molecular formula is C25H25N3O2S. The fraction of sp³-hybridized carbons (Fsp3) is 0.320. The van der Waals surface area contributed by atoms with Crippen LogP contribution in [0.2, 0.25) is 0 Å². The fourth-order valence-electron chi connectivity index (χ4n) is 5.00. The second-order valence-corrected chi connectivity index (χ2v) is 9.63. The van der Waals surface area contributed by atoms with Crippen molar-refractivity contribution < 1.29 is 9.59 Å². The normalized spacial score (nSPS) is 23.5. The van der Waals surface area contributed by atoms with Crippen molar-refractivity contribution in [2.24, 2.45) is 11.8 Å². The van der Waals surface area contributed by atoms with Crippen LogP contribution in [0.4, 0.5) is 10.8 Å². The maximum absolute atomic E-state index is 13.7. The molecule has 0 bridgehead atoms. The minimum absolute atomic E-state index is 0.0159. The van der Waals surface area contributed by atoms with Crippen LogP contribution in [0.1, 0.15) is 34.9 Å². The lowest BCUT2D eigenvalue weighted by Crippen LogP contribution is -2.36. The average molecular weight is 432 g/mol. The Balaban J connectivity index is 1.63. The summed E-state index contributed by atoms with van der Waals surface area (Å²) in [5.74, 6) is -0.883. The number of rotatable bonds is 4. The SMILES string of the molecule is C[C@H](c1ccccc1)[C@H]1Cc2nc(N(C)C)sc2[C@H]2C(=O)N(c3ccccc3)C(=O)[C@@H]12. The molecule has 0 saturated carbocycles. The van der Waals surface area contributed by atoms with Crippen molar-refractivity contribution >= 4 is 34.0 Å². The Morgan fingerprint density at radius 2 is 1.65 bits per heavy atom.